The van der Waals surface area contributed by atoms with E-state index in [4.69, 9.17) is 11.6 Å². The second-order valence-corrected chi connectivity index (χ2v) is 8.67. The van der Waals surface area contributed by atoms with Crippen LogP contribution in [0, 0.1) is 6.92 Å². The molecule has 0 bridgehead atoms. The summed E-state index contributed by atoms with van der Waals surface area (Å²) in [5, 5.41) is 3.70. The highest BCUT2D eigenvalue weighted by Gasteiger charge is 2.24. The molecule has 3 aromatic rings. The lowest BCUT2D eigenvalue weighted by Gasteiger charge is -2.34. The Labute approximate surface area is 180 Å². The number of H-pyrrole nitrogens is 1. The van der Waals surface area contributed by atoms with Crippen LogP contribution >= 0.6 is 11.6 Å². The van der Waals surface area contributed by atoms with E-state index in [-0.39, 0.29) is 23.7 Å². The number of nitrogens with one attached hydrogen (secondary N) is 2. The van der Waals surface area contributed by atoms with Crippen LogP contribution in [0.3, 0.4) is 0 Å². The first-order valence-corrected chi connectivity index (χ1v) is 10.8. The molecule has 6 nitrogen and oxygen atoms in total. The standard InChI is InChI=1S/C23H27ClN4O2/c1-15-3-5-17(6-4-15)22(29)25-16(2)14-27-11-9-19(10-12-27)28-21-8-7-18(24)13-20(21)26-23(28)30/h3-8,13,16,19H,9-12,14H2,1-2H3,(H,25,29)(H,26,30)/t16-/m0/s1. The van der Waals surface area contributed by atoms with Gasteiger partial charge in [0.15, 0.2) is 0 Å². The number of benzene rings is 2. The molecule has 0 spiro atoms. The predicted molar refractivity (Wildman–Crippen MR) is 120 cm³/mol. The van der Waals surface area contributed by atoms with Crippen molar-refractivity contribution >= 4 is 28.5 Å². The number of piperidine rings is 1. The molecule has 2 aromatic carbocycles. The van der Waals surface area contributed by atoms with Crippen LogP contribution in [-0.2, 0) is 0 Å². The molecule has 1 aromatic heterocycles. The summed E-state index contributed by atoms with van der Waals surface area (Å²) in [7, 11) is 0. The maximum Gasteiger partial charge on any atom is 0.326 e. The Kier molecular flexibility index (Phi) is 5.97. The minimum Gasteiger partial charge on any atom is -0.348 e. The summed E-state index contributed by atoms with van der Waals surface area (Å²) in [6, 6.07) is 13.4. The van der Waals surface area contributed by atoms with Gasteiger partial charge in [-0.1, -0.05) is 29.3 Å². The van der Waals surface area contributed by atoms with Crippen molar-refractivity contribution in [3.05, 3.63) is 69.1 Å². The van der Waals surface area contributed by atoms with E-state index in [1.54, 1.807) is 6.07 Å². The number of likely N-dealkylation sites (tertiary alicyclic amines) is 1. The first-order chi connectivity index (χ1) is 14.4. The molecule has 1 fully saturated rings. The third kappa shape index (κ3) is 4.45. The van der Waals surface area contributed by atoms with Gasteiger partial charge in [0, 0.05) is 42.3 Å². The smallest absolute Gasteiger partial charge is 0.326 e. The second kappa shape index (κ2) is 8.66. The molecule has 158 valence electrons. The van der Waals surface area contributed by atoms with E-state index < -0.39 is 0 Å². The Hall–Kier alpha value is -2.57. The maximum atomic E-state index is 12.5. The molecule has 1 aliphatic rings. The number of hydrogen-bond acceptors (Lipinski definition) is 3. The van der Waals surface area contributed by atoms with E-state index in [9.17, 15) is 9.59 Å². The number of aromatic nitrogens is 2. The van der Waals surface area contributed by atoms with Crippen molar-refractivity contribution in [1.82, 2.24) is 19.8 Å². The van der Waals surface area contributed by atoms with Crippen molar-refractivity contribution in [3.8, 4) is 0 Å². The Balaban J connectivity index is 1.34. The number of carbonyl (C=O) groups is 1. The van der Waals surface area contributed by atoms with E-state index in [0.717, 1.165) is 49.1 Å². The number of aromatic amines is 1. The predicted octanol–water partition coefficient (Wildman–Crippen LogP) is 3.75. The number of aryl methyl sites for hydroxylation is 1. The largest absolute Gasteiger partial charge is 0.348 e. The second-order valence-electron chi connectivity index (χ2n) is 8.23. The Morgan fingerprint density at radius 3 is 2.60 bits per heavy atom. The first kappa shape index (κ1) is 20.7. The molecule has 30 heavy (non-hydrogen) atoms. The van der Waals surface area contributed by atoms with Gasteiger partial charge in [0.1, 0.15) is 0 Å². The zero-order chi connectivity index (χ0) is 21.3. The van der Waals surface area contributed by atoms with Crippen LogP contribution in [0.25, 0.3) is 11.0 Å². The van der Waals surface area contributed by atoms with Crippen LogP contribution in [0.1, 0.15) is 41.7 Å². The van der Waals surface area contributed by atoms with Crippen molar-refractivity contribution in [2.45, 2.75) is 38.8 Å². The number of carbonyl (C=O) groups excluding carboxylic acids is 1. The third-order valence-electron chi connectivity index (χ3n) is 5.82. The number of hydrogen-bond donors (Lipinski definition) is 2. The molecule has 1 atom stereocenters. The van der Waals surface area contributed by atoms with Gasteiger partial charge < -0.3 is 15.2 Å². The molecule has 2 N–H and O–H groups in total. The summed E-state index contributed by atoms with van der Waals surface area (Å²) in [5.74, 6) is -0.0404. The first-order valence-electron chi connectivity index (χ1n) is 10.4. The van der Waals surface area contributed by atoms with Gasteiger partial charge in [-0.3, -0.25) is 9.36 Å². The van der Waals surface area contributed by atoms with Crippen molar-refractivity contribution < 1.29 is 4.79 Å². The molecule has 0 radical (unpaired) electrons. The van der Waals surface area contributed by atoms with Gasteiger partial charge in [-0.25, -0.2) is 4.79 Å². The summed E-state index contributed by atoms with van der Waals surface area (Å²) >= 11 is 6.05. The van der Waals surface area contributed by atoms with Gasteiger partial charge in [0.05, 0.1) is 11.0 Å². The molecular formula is C23H27ClN4O2. The Morgan fingerprint density at radius 1 is 1.20 bits per heavy atom. The minimum absolute atomic E-state index is 0.0404. The van der Waals surface area contributed by atoms with E-state index in [1.807, 2.05) is 54.8 Å². The van der Waals surface area contributed by atoms with Gasteiger partial charge in [-0.2, -0.15) is 0 Å². The third-order valence-corrected chi connectivity index (χ3v) is 6.06. The van der Waals surface area contributed by atoms with Gasteiger partial charge in [0.25, 0.3) is 5.91 Å². The summed E-state index contributed by atoms with van der Waals surface area (Å²) in [6.45, 7) is 6.62. The van der Waals surface area contributed by atoms with Crippen molar-refractivity contribution in [3.63, 3.8) is 0 Å². The van der Waals surface area contributed by atoms with E-state index in [0.29, 0.717) is 10.6 Å². The lowest BCUT2D eigenvalue weighted by Crippen LogP contribution is -2.45. The van der Waals surface area contributed by atoms with Crippen LogP contribution in [0.15, 0.2) is 47.3 Å². The minimum atomic E-state index is -0.0792. The molecule has 0 saturated carbocycles. The zero-order valence-electron chi connectivity index (χ0n) is 17.3. The SMILES string of the molecule is Cc1ccc(C(=O)N[C@@H](C)CN2CCC(n3c(=O)[nH]c4cc(Cl)ccc43)CC2)cc1. The fourth-order valence-electron chi connectivity index (χ4n) is 4.27. The summed E-state index contributed by atoms with van der Waals surface area (Å²) in [6.07, 6.45) is 1.79. The molecule has 1 saturated heterocycles. The van der Waals surface area contributed by atoms with Crippen molar-refractivity contribution in [2.75, 3.05) is 19.6 Å². The number of nitrogens with zero attached hydrogens (tertiary/aromatic N) is 2. The van der Waals surface area contributed by atoms with Crippen molar-refractivity contribution in [2.24, 2.45) is 0 Å². The normalized spacial score (nSPS) is 16.6. The van der Waals surface area contributed by atoms with E-state index in [2.05, 4.69) is 15.2 Å². The topological polar surface area (TPSA) is 70.1 Å². The lowest BCUT2D eigenvalue weighted by molar-refractivity contribution is 0.0921. The van der Waals surface area contributed by atoms with E-state index >= 15 is 0 Å². The highest BCUT2D eigenvalue weighted by atomic mass is 35.5. The average Bonchev–Trinajstić information content (AvgIpc) is 3.03. The maximum absolute atomic E-state index is 12.5. The van der Waals surface area contributed by atoms with Crippen LogP contribution in [0.5, 0.6) is 0 Å². The Bertz CT molecular complexity index is 1090. The Morgan fingerprint density at radius 2 is 1.90 bits per heavy atom. The monoisotopic (exact) mass is 426 g/mol. The lowest BCUT2D eigenvalue weighted by atomic mass is 10.0. The van der Waals surface area contributed by atoms with Crippen LogP contribution in [0.4, 0.5) is 0 Å². The van der Waals surface area contributed by atoms with Crippen LogP contribution < -0.4 is 11.0 Å². The zero-order valence-corrected chi connectivity index (χ0v) is 18.1. The molecule has 1 aliphatic heterocycles. The number of imidazole rings is 1. The number of halogens is 1. The molecule has 0 unspecified atom stereocenters. The molecule has 7 heteroatoms. The fourth-order valence-corrected chi connectivity index (χ4v) is 4.44. The summed E-state index contributed by atoms with van der Waals surface area (Å²) in [4.78, 5) is 30.2. The number of fused-ring (bicyclic) bond motifs is 1. The van der Waals surface area contributed by atoms with Crippen molar-refractivity contribution in [1.29, 1.82) is 0 Å². The summed E-state index contributed by atoms with van der Waals surface area (Å²) in [5.41, 5.74) is 3.43. The highest BCUT2D eigenvalue weighted by molar-refractivity contribution is 6.31. The average molecular weight is 427 g/mol. The quantitative estimate of drug-likeness (QED) is 0.652. The molecular weight excluding hydrogens is 400 g/mol. The van der Waals surface area contributed by atoms with Gasteiger partial charge in [0.2, 0.25) is 0 Å². The summed E-state index contributed by atoms with van der Waals surface area (Å²) < 4.78 is 1.87. The van der Waals surface area contributed by atoms with Crippen LogP contribution in [0.2, 0.25) is 5.02 Å². The van der Waals surface area contributed by atoms with E-state index in [1.165, 1.54) is 0 Å². The highest BCUT2D eigenvalue weighted by Crippen LogP contribution is 2.26. The molecule has 0 aliphatic carbocycles. The van der Waals surface area contributed by atoms with Gasteiger partial charge in [-0.05, 0) is 57.0 Å². The number of rotatable bonds is 5. The fraction of sp³-hybridized carbons (Fsp3) is 0.391. The van der Waals surface area contributed by atoms with Gasteiger partial charge in [-0.15, -0.1) is 0 Å². The van der Waals surface area contributed by atoms with Crippen LogP contribution in [-0.4, -0.2) is 46.0 Å². The van der Waals surface area contributed by atoms with Gasteiger partial charge >= 0.3 is 5.69 Å². The molecule has 4 rings (SSSR count). The molecule has 1 amide bonds. The number of amides is 1. The molecule has 2 heterocycles.